The first-order valence-corrected chi connectivity index (χ1v) is 8.68. The molecule has 2 rings (SSSR count). The van der Waals surface area contributed by atoms with Gasteiger partial charge < -0.3 is 4.74 Å². The second kappa shape index (κ2) is 7.28. The minimum absolute atomic E-state index is 0.497. The zero-order chi connectivity index (χ0) is 14.5. The Morgan fingerprint density at radius 3 is 2.55 bits per heavy atom. The predicted molar refractivity (Wildman–Crippen MR) is 92.0 cm³/mol. The van der Waals surface area contributed by atoms with Crippen molar-refractivity contribution in [2.45, 2.75) is 31.5 Å². The van der Waals surface area contributed by atoms with Gasteiger partial charge in [0.1, 0.15) is 11.5 Å². The highest BCUT2D eigenvalue weighted by atomic mass is 79.9. The lowest BCUT2D eigenvalue weighted by molar-refractivity contribution is 0.470. The summed E-state index contributed by atoms with van der Waals surface area (Å²) < 4.78 is 7.13. The van der Waals surface area contributed by atoms with Gasteiger partial charge in [0.15, 0.2) is 0 Å². The van der Waals surface area contributed by atoms with E-state index >= 15 is 0 Å². The lowest BCUT2D eigenvalue weighted by Gasteiger charge is -2.16. The van der Waals surface area contributed by atoms with Crippen molar-refractivity contribution in [3.8, 4) is 11.5 Å². The summed E-state index contributed by atoms with van der Waals surface area (Å²) in [6, 6.07) is 14.4. The van der Waals surface area contributed by atoms with Crippen molar-refractivity contribution in [1.29, 1.82) is 0 Å². The first-order chi connectivity index (χ1) is 9.65. The standard InChI is InChI=1S/C17H18Br2O/c1-3-12(2)15-6-4-5-7-17(15)20-14-9-8-13(11-18)16(19)10-14/h4-10,12H,3,11H2,1-2H3. The van der Waals surface area contributed by atoms with Gasteiger partial charge in [0.05, 0.1) is 0 Å². The number of para-hydroxylation sites is 1. The summed E-state index contributed by atoms with van der Waals surface area (Å²) in [4.78, 5) is 0. The molecule has 2 aromatic carbocycles. The minimum atomic E-state index is 0.497. The lowest BCUT2D eigenvalue weighted by atomic mass is 9.98. The molecule has 3 heteroatoms. The Kier molecular flexibility index (Phi) is 5.67. The van der Waals surface area contributed by atoms with Gasteiger partial charge >= 0.3 is 0 Å². The highest BCUT2D eigenvalue weighted by Crippen LogP contribution is 2.33. The highest BCUT2D eigenvalue weighted by Gasteiger charge is 2.10. The maximum absolute atomic E-state index is 6.07. The van der Waals surface area contributed by atoms with Crippen LogP contribution in [0.1, 0.15) is 37.3 Å². The second-order valence-electron chi connectivity index (χ2n) is 4.84. The number of halogens is 2. The smallest absolute Gasteiger partial charge is 0.130 e. The molecule has 0 amide bonds. The Morgan fingerprint density at radius 1 is 1.15 bits per heavy atom. The van der Waals surface area contributed by atoms with E-state index in [2.05, 4.69) is 63.9 Å². The van der Waals surface area contributed by atoms with Gasteiger partial charge in [0.25, 0.3) is 0 Å². The topological polar surface area (TPSA) is 9.23 Å². The summed E-state index contributed by atoms with van der Waals surface area (Å²) in [7, 11) is 0. The van der Waals surface area contributed by atoms with Crippen molar-refractivity contribution >= 4 is 31.9 Å². The zero-order valence-corrected chi connectivity index (χ0v) is 14.9. The Labute approximate surface area is 137 Å². The van der Waals surface area contributed by atoms with E-state index in [1.165, 1.54) is 11.1 Å². The van der Waals surface area contributed by atoms with E-state index in [9.17, 15) is 0 Å². The Hall–Kier alpha value is -0.800. The van der Waals surface area contributed by atoms with Crippen LogP contribution in [-0.4, -0.2) is 0 Å². The van der Waals surface area contributed by atoms with E-state index in [1.807, 2.05) is 24.3 Å². The van der Waals surface area contributed by atoms with E-state index < -0.39 is 0 Å². The number of ether oxygens (including phenoxy) is 1. The van der Waals surface area contributed by atoms with Crippen LogP contribution < -0.4 is 4.74 Å². The molecule has 0 saturated heterocycles. The summed E-state index contributed by atoms with van der Waals surface area (Å²) in [5, 5.41) is 0.831. The molecule has 0 bridgehead atoms. The Bertz CT molecular complexity index is 581. The molecule has 0 heterocycles. The molecule has 0 N–H and O–H groups in total. The molecule has 2 aromatic rings. The van der Waals surface area contributed by atoms with Gasteiger partial charge in [-0.15, -0.1) is 0 Å². The normalized spacial score (nSPS) is 12.2. The molecule has 0 aliphatic rings. The fourth-order valence-electron chi connectivity index (χ4n) is 2.03. The number of alkyl halides is 1. The van der Waals surface area contributed by atoms with Crippen LogP contribution in [0.3, 0.4) is 0 Å². The predicted octanol–water partition coefficient (Wildman–Crippen LogP) is 6.65. The van der Waals surface area contributed by atoms with E-state index in [0.717, 1.165) is 27.7 Å². The van der Waals surface area contributed by atoms with Gasteiger partial charge in [-0.25, -0.2) is 0 Å². The fourth-order valence-corrected chi connectivity index (χ4v) is 3.39. The van der Waals surface area contributed by atoms with Crippen LogP contribution in [0.5, 0.6) is 11.5 Å². The zero-order valence-electron chi connectivity index (χ0n) is 11.7. The van der Waals surface area contributed by atoms with E-state index in [0.29, 0.717) is 5.92 Å². The summed E-state index contributed by atoms with van der Waals surface area (Å²) >= 11 is 7.04. The van der Waals surface area contributed by atoms with Gasteiger partial charge in [-0.1, -0.05) is 70.0 Å². The highest BCUT2D eigenvalue weighted by molar-refractivity contribution is 9.10. The Balaban J connectivity index is 2.28. The van der Waals surface area contributed by atoms with Crippen molar-refractivity contribution in [3.05, 3.63) is 58.1 Å². The number of benzene rings is 2. The second-order valence-corrected chi connectivity index (χ2v) is 6.25. The van der Waals surface area contributed by atoms with Crippen LogP contribution >= 0.6 is 31.9 Å². The summed E-state index contributed by atoms with van der Waals surface area (Å²) in [5.41, 5.74) is 2.48. The summed E-state index contributed by atoms with van der Waals surface area (Å²) in [6.07, 6.45) is 1.10. The van der Waals surface area contributed by atoms with Gasteiger partial charge in [-0.2, -0.15) is 0 Å². The number of rotatable bonds is 5. The molecular weight excluding hydrogens is 380 g/mol. The summed E-state index contributed by atoms with van der Waals surface area (Å²) in [6.45, 7) is 4.43. The molecule has 0 aromatic heterocycles. The van der Waals surface area contributed by atoms with Gasteiger partial charge in [0, 0.05) is 9.80 Å². The van der Waals surface area contributed by atoms with Crippen molar-refractivity contribution in [3.63, 3.8) is 0 Å². The van der Waals surface area contributed by atoms with Crippen molar-refractivity contribution in [2.75, 3.05) is 0 Å². The molecule has 106 valence electrons. The number of hydrogen-bond acceptors (Lipinski definition) is 1. The fraction of sp³-hybridized carbons (Fsp3) is 0.294. The molecule has 0 saturated carbocycles. The average Bonchev–Trinajstić information content (AvgIpc) is 2.47. The third kappa shape index (κ3) is 3.64. The van der Waals surface area contributed by atoms with Crippen LogP contribution in [0.25, 0.3) is 0 Å². The van der Waals surface area contributed by atoms with Crippen molar-refractivity contribution < 1.29 is 4.74 Å². The van der Waals surface area contributed by atoms with Crippen LogP contribution in [0.2, 0.25) is 0 Å². The molecule has 1 atom stereocenters. The minimum Gasteiger partial charge on any atom is -0.457 e. The van der Waals surface area contributed by atoms with Crippen LogP contribution in [0.15, 0.2) is 46.9 Å². The Morgan fingerprint density at radius 2 is 1.90 bits per heavy atom. The number of hydrogen-bond donors (Lipinski definition) is 0. The largest absolute Gasteiger partial charge is 0.457 e. The van der Waals surface area contributed by atoms with Crippen LogP contribution in [0, 0.1) is 0 Å². The maximum atomic E-state index is 6.07. The molecule has 1 nitrogen and oxygen atoms in total. The van der Waals surface area contributed by atoms with Crippen molar-refractivity contribution in [2.24, 2.45) is 0 Å². The lowest BCUT2D eigenvalue weighted by Crippen LogP contribution is -1.96. The third-order valence-corrected chi connectivity index (χ3v) is 4.80. The van der Waals surface area contributed by atoms with Crippen LogP contribution in [-0.2, 0) is 5.33 Å². The van der Waals surface area contributed by atoms with E-state index in [1.54, 1.807) is 0 Å². The molecule has 0 fully saturated rings. The first-order valence-electron chi connectivity index (χ1n) is 6.76. The van der Waals surface area contributed by atoms with Crippen LogP contribution in [0.4, 0.5) is 0 Å². The monoisotopic (exact) mass is 396 g/mol. The molecule has 0 aliphatic heterocycles. The third-order valence-electron chi connectivity index (χ3n) is 3.46. The average molecular weight is 398 g/mol. The van der Waals surface area contributed by atoms with E-state index in [-0.39, 0.29) is 0 Å². The summed E-state index contributed by atoms with van der Waals surface area (Å²) in [5.74, 6) is 2.30. The molecular formula is C17H18Br2O. The SMILES string of the molecule is CCC(C)c1ccccc1Oc1ccc(CBr)c(Br)c1. The van der Waals surface area contributed by atoms with Crippen molar-refractivity contribution in [1.82, 2.24) is 0 Å². The molecule has 1 unspecified atom stereocenters. The maximum Gasteiger partial charge on any atom is 0.130 e. The van der Waals surface area contributed by atoms with Gasteiger partial charge in [0.2, 0.25) is 0 Å². The molecule has 0 radical (unpaired) electrons. The molecule has 0 spiro atoms. The molecule has 0 aliphatic carbocycles. The van der Waals surface area contributed by atoms with E-state index in [4.69, 9.17) is 4.74 Å². The van der Waals surface area contributed by atoms with Gasteiger partial charge in [-0.05, 0) is 41.7 Å². The van der Waals surface area contributed by atoms with Gasteiger partial charge in [-0.3, -0.25) is 0 Å². The first kappa shape index (κ1) is 15.6. The quantitative estimate of drug-likeness (QED) is 0.513. The molecule has 20 heavy (non-hydrogen) atoms.